The Morgan fingerprint density at radius 1 is 0.926 bits per heavy atom. The van der Waals surface area contributed by atoms with Crippen LogP contribution >= 0.6 is 0 Å². The quantitative estimate of drug-likeness (QED) is 0.861. The highest BCUT2D eigenvalue weighted by molar-refractivity contribution is 5.29. The zero-order valence-electron chi connectivity index (χ0n) is 15.5. The van der Waals surface area contributed by atoms with Crippen molar-refractivity contribution in [3.63, 3.8) is 0 Å². The third-order valence-electron chi connectivity index (χ3n) is 6.10. The lowest BCUT2D eigenvalue weighted by molar-refractivity contribution is 0.262. The smallest absolute Gasteiger partial charge is 0.311 e. The topological polar surface area (TPSA) is 65.7 Å². The van der Waals surface area contributed by atoms with E-state index in [4.69, 9.17) is 0 Å². The normalized spacial score (nSPS) is 24.8. The van der Waals surface area contributed by atoms with Gasteiger partial charge < -0.3 is 4.98 Å². The lowest BCUT2D eigenvalue weighted by Crippen LogP contribution is -2.31. The van der Waals surface area contributed by atoms with Gasteiger partial charge in [-0.3, -0.25) is 9.78 Å². The Labute approximate surface area is 159 Å². The molecule has 4 heteroatoms. The number of aromatic amines is 2. The molecule has 0 bridgehead atoms. The molecule has 1 heterocycles. The molecule has 4 rings (SSSR count). The molecule has 1 unspecified atom stereocenters. The van der Waals surface area contributed by atoms with Crippen LogP contribution in [-0.4, -0.2) is 9.97 Å². The fourth-order valence-corrected chi connectivity index (χ4v) is 4.64. The predicted octanol–water partition coefficient (Wildman–Crippen LogP) is 4.06. The van der Waals surface area contributed by atoms with Crippen LogP contribution in [-0.2, 0) is 6.42 Å². The van der Waals surface area contributed by atoms with E-state index in [1.165, 1.54) is 0 Å². The number of H-pyrrole nitrogens is 2. The molecule has 4 nitrogen and oxygen atoms in total. The van der Waals surface area contributed by atoms with Gasteiger partial charge in [0.25, 0.3) is 5.56 Å². The first-order valence-electron chi connectivity index (χ1n) is 9.93. The van der Waals surface area contributed by atoms with Crippen LogP contribution in [0.1, 0.15) is 54.8 Å². The van der Waals surface area contributed by atoms with E-state index in [1.807, 2.05) is 30.3 Å². The molecule has 27 heavy (non-hydrogen) atoms. The summed E-state index contributed by atoms with van der Waals surface area (Å²) < 4.78 is 0. The monoisotopic (exact) mass is 362 g/mol. The molecule has 2 aliphatic carbocycles. The number of benzene rings is 1. The first-order valence-corrected chi connectivity index (χ1v) is 9.93. The zero-order chi connectivity index (χ0) is 18.6. The van der Waals surface area contributed by atoms with Crippen molar-refractivity contribution in [1.82, 2.24) is 9.97 Å². The summed E-state index contributed by atoms with van der Waals surface area (Å²) >= 11 is 0. The van der Waals surface area contributed by atoms with Gasteiger partial charge in [0, 0.05) is 17.7 Å². The molecule has 2 N–H and O–H groups in total. The van der Waals surface area contributed by atoms with E-state index in [2.05, 4.69) is 34.3 Å². The molecule has 0 radical (unpaired) electrons. The summed E-state index contributed by atoms with van der Waals surface area (Å²) in [4.78, 5) is 29.8. The maximum absolute atomic E-state index is 12.5. The van der Waals surface area contributed by atoms with Crippen LogP contribution in [0.25, 0.3) is 0 Å². The minimum Gasteiger partial charge on any atom is -0.311 e. The van der Waals surface area contributed by atoms with Gasteiger partial charge in [0.1, 0.15) is 0 Å². The summed E-state index contributed by atoms with van der Waals surface area (Å²) in [6.45, 7) is 0. The van der Waals surface area contributed by atoms with E-state index in [1.54, 1.807) is 0 Å². The minimum atomic E-state index is -0.394. The molecule has 2 aliphatic rings. The van der Waals surface area contributed by atoms with Gasteiger partial charge in [-0.05, 0) is 55.4 Å². The lowest BCUT2D eigenvalue weighted by Gasteiger charge is -2.33. The van der Waals surface area contributed by atoms with Crippen LogP contribution in [0.4, 0.5) is 0 Å². The van der Waals surface area contributed by atoms with Crippen molar-refractivity contribution in [3.05, 3.63) is 92.3 Å². The van der Waals surface area contributed by atoms with Crippen molar-refractivity contribution in [3.8, 4) is 0 Å². The Balaban J connectivity index is 1.55. The fourth-order valence-electron chi connectivity index (χ4n) is 4.64. The number of aromatic nitrogens is 2. The van der Waals surface area contributed by atoms with Crippen LogP contribution in [0, 0.1) is 11.8 Å². The molecule has 0 amide bonds. The summed E-state index contributed by atoms with van der Waals surface area (Å²) in [6.07, 6.45) is 14.9. The summed E-state index contributed by atoms with van der Waals surface area (Å²) in [7, 11) is 0. The van der Waals surface area contributed by atoms with Crippen molar-refractivity contribution in [2.45, 2.75) is 44.4 Å². The van der Waals surface area contributed by atoms with Crippen molar-refractivity contribution in [2.24, 2.45) is 11.8 Å². The summed E-state index contributed by atoms with van der Waals surface area (Å²) in [5.74, 6) is 1.60. The Bertz CT molecular complexity index is 944. The van der Waals surface area contributed by atoms with Gasteiger partial charge >= 0.3 is 5.69 Å². The molecule has 140 valence electrons. The highest BCUT2D eigenvalue weighted by atomic mass is 16.2. The highest BCUT2D eigenvalue weighted by Gasteiger charge is 2.29. The van der Waals surface area contributed by atoms with Crippen LogP contribution < -0.4 is 11.2 Å². The van der Waals surface area contributed by atoms with Crippen molar-refractivity contribution in [2.75, 3.05) is 0 Å². The fraction of sp³-hybridized carbons (Fsp3) is 0.391. The summed E-state index contributed by atoms with van der Waals surface area (Å²) in [6, 6.07) is 9.97. The van der Waals surface area contributed by atoms with E-state index in [-0.39, 0.29) is 11.5 Å². The highest BCUT2D eigenvalue weighted by Crippen LogP contribution is 2.40. The minimum absolute atomic E-state index is 0.250. The third kappa shape index (κ3) is 4.05. The van der Waals surface area contributed by atoms with Crippen LogP contribution in [0.3, 0.4) is 0 Å². The summed E-state index contributed by atoms with van der Waals surface area (Å²) in [5, 5.41) is 0. The molecular weight excluding hydrogens is 336 g/mol. The lowest BCUT2D eigenvalue weighted by atomic mass is 9.72. The molecule has 1 atom stereocenters. The second kappa shape index (κ2) is 7.95. The van der Waals surface area contributed by atoms with Crippen molar-refractivity contribution < 1.29 is 0 Å². The van der Waals surface area contributed by atoms with Gasteiger partial charge in [-0.15, -0.1) is 0 Å². The van der Waals surface area contributed by atoms with Crippen molar-refractivity contribution in [1.29, 1.82) is 0 Å². The van der Waals surface area contributed by atoms with E-state index in [0.717, 1.165) is 43.4 Å². The molecule has 0 saturated heterocycles. The number of nitrogens with one attached hydrogen (secondary N) is 2. The average molecular weight is 362 g/mol. The molecular formula is C23H26N2O2. The average Bonchev–Trinajstić information content (AvgIpc) is 2.71. The molecule has 1 aromatic heterocycles. The number of hydrogen-bond acceptors (Lipinski definition) is 2. The Morgan fingerprint density at radius 3 is 2.41 bits per heavy atom. The molecule has 1 aromatic carbocycles. The van der Waals surface area contributed by atoms with Gasteiger partial charge in [-0.1, -0.05) is 54.6 Å². The number of allylic oxidation sites excluding steroid dienone is 4. The molecule has 0 aliphatic heterocycles. The molecule has 2 aromatic rings. The molecule has 1 fully saturated rings. The Hall–Kier alpha value is -2.62. The van der Waals surface area contributed by atoms with Crippen molar-refractivity contribution >= 4 is 0 Å². The largest absolute Gasteiger partial charge is 0.325 e. The van der Waals surface area contributed by atoms with Crippen LogP contribution in [0.5, 0.6) is 0 Å². The Kier molecular flexibility index (Phi) is 5.23. The first kappa shape index (κ1) is 17.8. The molecule has 1 saturated carbocycles. The van der Waals surface area contributed by atoms with Gasteiger partial charge in [-0.2, -0.15) is 0 Å². The number of hydrogen-bond donors (Lipinski definition) is 2. The first-order chi connectivity index (χ1) is 13.2. The Morgan fingerprint density at radius 2 is 1.70 bits per heavy atom. The predicted molar refractivity (Wildman–Crippen MR) is 108 cm³/mol. The van der Waals surface area contributed by atoms with Gasteiger partial charge in [0.15, 0.2) is 0 Å². The SMILES string of the molecule is O=c1[nH]c(C2CCC(C3C=CC=CC3)CC2)c(Cc2ccccc2)c(=O)[nH]1. The second-order valence-corrected chi connectivity index (χ2v) is 7.79. The zero-order valence-corrected chi connectivity index (χ0v) is 15.5. The maximum Gasteiger partial charge on any atom is 0.325 e. The number of rotatable bonds is 4. The van der Waals surface area contributed by atoms with Gasteiger partial charge in [0.2, 0.25) is 0 Å². The van der Waals surface area contributed by atoms with Gasteiger partial charge in [0.05, 0.1) is 0 Å². The standard InChI is InChI=1S/C23H26N2O2/c26-22-20(15-16-7-3-1-4-8-16)21(24-23(27)25-22)19-13-11-18(12-14-19)17-9-5-2-6-10-17/h1-9,17-19H,10-15H2,(H2,24,25,26,27). The molecule has 0 spiro atoms. The van der Waals surface area contributed by atoms with E-state index < -0.39 is 5.69 Å². The summed E-state index contributed by atoms with van der Waals surface area (Å²) in [5.41, 5.74) is 2.01. The van der Waals surface area contributed by atoms with E-state index in [9.17, 15) is 9.59 Å². The van der Waals surface area contributed by atoms with E-state index >= 15 is 0 Å². The van der Waals surface area contributed by atoms with Gasteiger partial charge in [-0.25, -0.2) is 4.79 Å². The second-order valence-electron chi connectivity index (χ2n) is 7.79. The third-order valence-corrected chi connectivity index (χ3v) is 6.10. The van der Waals surface area contributed by atoms with Crippen LogP contribution in [0.2, 0.25) is 0 Å². The maximum atomic E-state index is 12.5. The van der Waals surface area contributed by atoms with E-state index in [0.29, 0.717) is 23.8 Å². The van der Waals surface area contributed by atoms with Crippen LogP contribution in [0.15, 0.2) is 64.2 Å².